The lowest BCUT2D eigenvalue weighted by Crippen LogP contribution is -2.73. The summed E-state index contributed by atoms with van der Waals surface area (Å²) in [5.41, 5.74) is 2.04. The Morgan fingerprint density at radius 2 is 2.00 bits per heavy atom. The first kappa shape index (κ1) is 20.3. The molecule has 1 aromatic heterocycles. The van der Waals surface area contributed by atoms with E-state index in [1.165, 1.54) is 26.9 Å². The van der Waals surface area contributed by atoms with Crippen molar-refractivity contribution in [2.24, 2.45) is 0 Å². The van der Waals surface area contributed by atoms with Crippen molar-refractivity contribution in [1.82, 2.24) is 0 Å². The van der Waals surface area contributed by atoms with Crippen LogP contribution in [0.5, 0.6) is 0 Å². The summed E-state index contributed by atoms with van der Waals surface area (Å²) in [6.07, 6.45) is 5.45. The molecule has 0 fully saturated rings. The molecule has 2 aromatic carbocycles. The van der Waals surface area contributed by atoms with Crippen LogP contribution in [-0.4, -0.2) is 19.6 Å². The van der Waals surface area contributed by atoms with Crippen LogP contribution < -0.4 is 5.32 Å². The molecule has 146 valence electrons. The molecule has 28 heavy (non-hydrogen) atoms. The number of carbonyl (C=O) groups is 1. The van der Waals surface area contributed by atoms with E-state index in [1.807, 2.05) is 6.92 Å². The van der Waals surface area contributed by atoms with Crippen molar-refractivity contribution in [2.45, 2.75) is 32.1 Å². The van der Waals surface area contributed by atoms with E-state index in [2.05, 4.69) is 85.4 Å². The third-order valence-corrected chi connectivity index (χ3v) is 5.95. The molecule has 2 N–H and O–H groups in total. The number of rotatable bonds is 8. The van der Waals surface area contributed by atoms with Gasteiger partial charge in [-0.3, -0.25) is 4.79 Å². The molecule has 1 unspecified atom stereocenters. The van der Waals surface area contributed by atoms with Gasteiger partial charge in [-0.25, -0.2) is 0 Å². The molecule has 3 rings (SSSR count). The summed E-state index contributed by atoms with van der Waals surface area (Å²) in [6, 6.07) is 16.9. The number of hydrogen-bond donors (Lipinski definition) is 1. The predicted molar refractivity (Wildman–Crippen MR) is 118 cm³/mol. The molecular formula is C24H28NO2S+. The van der Waals surface area contributed by atoms with Crippen LogP contribution in [0.1, 0.15) is 37.1 Å². The minimum Gasteiger partial charge on any atom is -0.466 e. The minimum absolute atomic E-state index is 0.149. The van der Waals surface area contributed by atoms with Crippen LogP contribution in [0.25, 0.3) is 16.8 Å². The Bertz CT molecular complexity index is 962. The second kappa shape index (κ2) is 9.18. The monoisotopic (exact) mass is 394 g/mol. The Morgan fingerprint density at radius 3 is 2.71 bits per heavy atom. The van der Waals surface area contributed by atoms with Crippen LogP contribution in [0.4, 0.5) is 5.69 Å². The molecule has 0 spiro atoms. The number of nitrogens with two attached hydrogens (primary N) is 1. The number of benzene rings is 2. The largest absolute Gasteiger partial charge is 0.466 e. The van der Waals surface area contributed by atoms with Gasteiger partial charge < -0.3 is 10.1 Å². The SMILES string of the molecule is CCOC(=O)CC(C)(C/C=C/c1cccs1)c1c([NH2+]C)ccc2ccccc12. The van der Waals surface area contributed by atoms with Crippen molar-refractivity contribution in [3.05, 3.63) is 70.4 Å². The van der Waals surface area contributed by atoms with Crippen molar-refractivity contribution in [2.75, 3.05) is 13.7 Å². The zero-order chi connectivity index (χ0) is 20.0. The second-order valence-corrected chi connectivity index (χ2v) is 8.18. The number of esters is 1. The molecule has 1 atom stereocenters. The van der Waals surface area contributed by atoms with Crippen LogP contribution >= 0.6 is 11.3 Å². The highest BCUT2D eigenvalue weighted by Crippen LogP contribution is 2.40. The lowest BCUT2D eigenvalue weighted by Gasteiger charge is -2.30. The lowest BCUT2D eigenvalue weighted by molar-refractivity contribution is -0.540. The van der Waals surface area contributed by atoms with Crippen molar-refractivity contribution in [3.8, 4) is 0 Å². The first-order valence-corrected chi connectivity index (χ1v) is 10.6. The van der Waals surface area contributed by atoms with Crippen LogP contribution in [0.3, 0.4) is 0 Å². The van der Waals surface area contributed by atoms with Gasteiger partial charge in [0.2, 0.25) is 0 Å². The van der Waals surface area contributed by atoms with Crippen molar-refractivity contribution >= 4 is 39.8 Å². The van der Waals surface area contributed by atoms with Gasteiger partial charge in [-0.05, 0) is 53.8 Å². The summed E-state index contributed by atoms with van der Waals surface area (Å²) in [6.45, 7) is 4.44. The first-order chi connectivity index (χ1) is 13.6. The van der Waals surface area contributed by atoms with E-state index in [-0.39, 0.29) is 11.4 Å². The Morgan fingerprint density at radius 1 is 1.18 bits per heavy atom. The molecule has 3 aromatic rings. The molecule has 0 aliphatic rings. The van der Waals surface area contributed by atoms with Gasteiger partial charge in [0.1, 0.15) is 5.69 Å². The van der Waals surface area contributed by atoms with E-state index < -0.39 is 0 Å². The lowest BCUT2D eigenvalue weighted by atomic mass is 9.73. The number of thiophene rings is 1. The average molecular weight is 395 g/mol. The number of ether oxygens (including phenoxy) is 1. The zero-order valence-electron chi connectivity index (χ0n) is 16.8. The number of hydrogen-bond acceptors (Lipinski definition) is 3. The third-order valence-electron chi connectivity index (χ3n) is 5.11. The molecule has 0 amide bonds. The van der Waals surface area contributed by atoms with Crippen molar-refractivity contribution < 1.29 is 14.8 Å². The molecule has 0 radical (unpaired) electrons. The van der Waals surface area contributed by atoms with Gasteiger partial charge in [-0.2, -0.15) is 0 Å². The Kier molecular flexibility index (Phi) is 6.65. The van der Waals surface area contributed by atoms with Gasteiger partial charge in [0.05, 0.1) is 20.1 Å². The van der Waals surface area contributed by atoms with E-state index >= 15 is 0 Å². The average Bonchev–Trinajstić information content (AvgIpc) is 3.20. The smallest absolute Gasteiger partial charge is 0.306 e. The van der Waals surface area contributed by atoms with Gasteiger partial charge >= 0.3 is 5.97 Å². The zero-order valence-corrected chi connectivity index (χ0v) is 17.6. The fourth-order valence-corrected chi connectivity index (χ4v) is 4.46. The second-order valence-electron chi connectivity index (χ2n) is 7.20. The number of fused-ring (bicyclic) bond motifs is 1. The number of allylic oxidation sites excluding steroid dienone is 1. The van der Waals surface area contributed by atoms with Crippen molar-refractivity contribution in [1.29, 1.82) is 0 Å². The molecule has 0 aliphatic carbocycles. The van der Waals surface area contributed by atoms with E-state index in [0.29, 0.717) is 13.0 Å². The Hall–Kier alpha value is -2.43. The summed E-state index contributed by atoms with van der Waals surface area (Å²) in [7, 11) is 2.06. The maximum Gasteiger partial charge on any atom is 0.306 e. The van der Waals surface area contributed by atoms with E-state index in [9.17, 15) is 4.79 Å². The highest BCUT2D eigenvalue weighted by atomic mass is 32.1. The van der Waals surface area contributed by atoms with Gasteiger partial charge in [0.15, 0.2) is 0 Å². The third kappa shape index (κ3) is 4.51. The fraction of sp³-hybridized carbons (Fsp3) is 0.292. The molecular weight excluding hydrogens is 366 g/mol. The standard InChI is InChI=1S/C24H27NO2S/c1-4-27-22(26)17-24(2,15-7-10-19-11-8-16-28-19)23-20-12-6-5-9-18(20)13-14-21(23)25-3/h5-14,16,25H,4,15,17H2,1-3H3/p+1/b10-7+. The number of quaternary nitrogens is 1. The van der Waals surface area contributed by atoms with Crippen LogP contribution in [0.2, 0.25) is 0 Å². The first-order valence-electron chi connectivity index (χ1n) is 9.74. The molecule has 3 nitrogen and oxygen atoms in total. The summed E-state index contributed by atoms with van der Waals surface area (Å²) in [5, 5.41) is 6.61. The normalized spacial score (nSPS) is 13.7. The summed E-state index contributed by atoms with van der Waals surface area (Å²) < 4.78 is 5.33. The topological polar surface area (TPSA) is 42.9 Å². The van der Waals surface area contributed by atoms with Gasteiger partial charge in [0, 0.05) is 15.9 Å². The quantitative estimate of drug-likeness (QED) is 0.430. The van der Waals surface area contributed by atoms with Gasteiger partial charge in [-0.15, -0.1) is 11.3 Å². The van der Waals surface area contributed by atoms with E-state index in [4.69, 9.17) is 4.74 Å². The molecule has 1 heterocycles. The minimum atomic E-state index is -0.358. The highest BCUT2D eigenvalue weighted by molar-refractivity contribution is 7.10. The Balaban J connectivity index is 2.07. The van der Waals surface area contributed by atoms with E-state index in [0.717, 1.165) is 6.42 Å². The summed E-state index contributed by atoms with van der Waals surface area (Å²) in [5.74, 6) is -0.149. The van der Waals surface area contributed by atoms with Gasteiger partial charge in [-0.1, -0.05) is 43.3 Å². The van der Waals surface area contributed by atoms with Crippen LogP contribution in [0, 0.1) is 0 Å². The number of carbonyl (C=O) groups excluding carboxylic acids is 1. The van der Waals surface area contributed by atoms with E-state index in [1.54, 1.807) is 11.3 Å². The van der Waals surface area contributed by atoms with Crippen molar-refractivity contribution in [3.63, 3.8) is 0 Å². The molecule has 4 heteroatoms. The Labute approximate surface area is 171 Å². The van der Waals surface area contributed by atoms with Gasteiger partial charge in [0.25, 0.3) is 0 Å². The van der Waals surface area contributed by atoms with Crippen LogP contribution in [-0.2, 0) is 14.9 Å². The summed E-state index contributed by atoms with van der Waals surface area (Å²) >= 11 is 1.72. The van der Waals surface area contributed by atoms with Crippen LogP contribution in [0.15, 0.2) is 60.0 Å². The highest BCUT2D eigenvalue weighted by Gasteiger charge is 2.34. The molecule has 0 saturated heterocycles. The molecule has 0 aliphatic heterocycles. The predicted octanol–water partition coefficient (Wildman–Crippen LogP) is 5.04. The molecule has 0 saturated carbocycles. The maximum absolute atomic E-state index is 12.5. The summed E-state index contributed by atoms with van der Waals surface area (Å²) in [4.78, 5) is 13.7. The maximum atomic E-state index is 12.5. The molecule has 0 bridgehead atoms. The fourth-order valence-electron chi connectivity index (χ4n) is 3.82.